The highest BCUT2D eigenvalue weighted by Crippen LogP contribution is 2.76. The van der Waals surface area contributed by atoms with Crippen LogP contribution in [-0.4, -0.2) is 75.4 Å². The van der Waals surface area contributed by atoms with Crippen molar-refractivity contribution >= 4 is 17.7 Å². The lowest BCUT2D eigenvalue weighted by molar-refractivity contribution is -0.121. The highest BCUT2D eigenvalue weighted by molar-refractivity contribution is 5.90. The van der Waals surface area contributed by atoms with E-state index in [-0.39, 0.29) is 76.7 Å². The Bertz CT molecular complexity index is 2010. The van der Waals surface area contributed by atoms with Crippen molar-refractivity contribution in [3.63, 3.8) is 0 Å². The normalized spacial score (nSPS) is 37.0. The lowest BCUT2D eigenvalue weighted by Crippen LogP contribution is -2.38. The van der Waals surface area contributed by atoms with Crippen molar-refractivity contribution in [1.82, 2.24) is 26.3 Å². The van der Waals surface area contributed by atoms with E-state index in [0.717, 1.165) is 70.6 Å². The van der Waals surface area contributed by atoms with Crippen LogP contribution in [0.5, 0.6) is 0 Å². The maximum atomic E-state index is 15.8. The predicted molar refractivity (Wildman–Crippen MR) is 199 cm³/mol. The summed E-state index contributed by atoms with van der Waals surface area (Å²) in [5.74, 6) is 0.409. The summed E-state index contributed by atoms with van der Waals surface area (Å²) in [5.41, 5.74) is 1.87. The van der Waals surface area contributed by atoms with Crippen LogP contribution < -0.4 is 26.2 Å². The molecule has 5 heterocycles. The lowest BCUT2D eigenvalue weighted by Gasteiger charge is -2.39. The first-order valence-electron chi connectivity index (χ1n) is 20.1. The van der Waals surface area contributed by atoms with Crippen LogP contribution in [-0.2, 0) is 9.53 Å². The molecule has 3 aliphatic carbocycles. The van der Waals surface area contributed by atoms with Gasteiger partial charge < -0.3 is 26.0 Å². The molecule has 12 nitrogen and oxygen atoms in total. The molecule has 9 rings (SSSR count). The van der Waals surface area contributed by atoms with Crippen LogP contribution in [0.3, 0.4) is 0 Å². The average molecular weight is 746 g/mol. The Kier molecular flexibility index (Phi) is 8.88. The number of halogens is 1. The van der Waals surface area contributed by atoms with Crippen molar-refractivity contribution in [3.05, 3.63) is 48.0 Å². The summed E-state index contributed by atoms with van der Waals surface area (Å²) in [6, 6.07) is 16.5. The summed E-state index contributed by atoms with van der Waals surface area (Å²) in [6.07, 6.45) is 4.90. The number of unbranched alkanes of at least 4 members (excludes halogenated alkanes) is 1. The van der Waals surface area contributed by atoms with Crippen LogP contribution in [0.4, 0.5) is 14.9 Å². The summed E-state index contributed by atoms with van der Waals surface area (Å²) >= 11 is 0. The first kappa shape index (κ1) is 36.1. The third-order valence-electron chi connectivity index (χ3n) is 15.1. The number of piperidine rings is 3. The van der Waals surface area contributed by atoms with E-state index in [1.54, 1.807) is 25.3 Å². The zero-order chi connectivity index (χ0) is 38.1. The molecule has 11 unspecified atom stereocenters. The van der Waals surface area contributed by atoms with E-state index in [1.807, 2.05) is 12.1 Å². The van der Waals surface area contributed by atoms with Crippen molar-refractivity contribution in [2.75, 3.05) is 57.3 Å². The SMILES string of the molecule is CCC(=O)NC[C@H]1CN(c2ccc(-c3ccc(C(C(CCCCC45CNCC4C5C#N)C45CNCC4C5C#N)C45CNCC4C5C#N)nc3)c(F)c2)C(=O)O1. The molecule has 1 aromatic heterocycles. The standard InChI is InChI=1S/C42H48FN9O3/c1-2-37(53)51-16-26-20-52(39(54)55-26)25-7-8-27(35(43)11-25)24-6-9-36(50-15-24)38(42-23-49-19-34(42)31(42)14-46)28(41-22-48-18-33(41)30(41)13-45)5-3-4-10-40-21-47-17-32(40)29(40)12-44/h6-9,11,15,26,28-34,38,47-49H,2-5,10,16-23H2,1H3,(H,51,53)/t26-,28?,29?,30?,31?,32?,33?,34?,38?,40?,41?,42?/m0/s1. The minimum atomic E-state index is -0.587. The van der Waals surface area contributed by atoms with Gasteiger partial charge in [0.05, 0.1) is 54.7 Å². The van der Waals surface area contributed by atoms with Crippen molar-refractivity contribution in [3.8, 4) is 29.3 Å². The molecular weight excluding hydrogens is 698 g/mol. The van der Waals surface area contributed by atoms with Crippen LogP contribution >= 0.6 is 0 Å². The lowest BCUT2D eigenvalue weighted by atomic mass is 9.65. The summed E-state index contributed by atoms with van der Waals surface area (Å²) < 4.78 is 21.3. The molecule has 55 heavy (non-hydrogen) atoms. The van der Waals surface area contributed by atoms with Gasteiger partial charge >= 0.3 is 6.09 Å². The second-order valence-electron chi connectivity index (χ2n) is 17.2. The highest BCUT2D eigenvalue weighted by atomic mass is 19.1. The number of benzene rings is 1. The number of hydrogen-bond acceptors (Lipinski definition) is 10. The van der Waals surface area contributed by atoms with Crippen molar-refractivity contribution in [1.29, 1.82) is 15.8 Å². The van der Waals surface area contributed by atoms with Gasteiger partial charge in [0.15, 0.2) is 0 Å². The van der Waals surface area contributed by atoms with Crippen LogP contribution in [0.25, 0.3) is 11.1 Å². The van der Waals surface area contributed by atoms with Gasteiger partial charge in [0, 0.05) is 71.2 Å². The Labute approximate surface area is 321 Å². The number of anilines is 1. The minimum absolute atomic E-state index is 0.0386. The fraction of sp³-hybridized carbons (Fsp3) is 0.619. The maximum Gasteiger partial charge on any atom is 0.414 e. The molecule has 0 radical (unpaired) electrons. The molecule has 1 aromatic carbocycles. The van der Waals surface area contributed by atoms with Crippen LogP contribution in [0.1, 0.15) is 50.6 Å². The van der Waals surface area contributed by atoms with Gasteiger partial charge in [-0.05, 0) is 80.4 Å². The van der Waals surface area contributed by atoms with Gasteiger partial charge in [0.2, 0.25) is 5.91 Å². The van der Waals surface area contributed by atoms with Gasteiger partial charge in [0.25, 0.3) is 0 Å². The highest BCUT2D eigenvalue weighted by Gasteiger charge is 2.78. The number of nitrogens with one attached hydrogen (secondary N) is 4. The molecule has 2 aromatic rings. The number of pyridine rings is 1. The van der Waals surface area contributed by atoms with Crippen molar-refractivity contribution < 1.29 is 18.7 Å². The van der Waals surface area contributed by atoms with Gasteiger partial charge in [-0.25, -0.2) is 9.18 Å². The Hall–Kier alpha value is -4.61. The fourth-order valence-electron chi connectivity index (χ4n) is 12.2. The molecule has 7 fully saturated rings. The number of fused-ring (bicyclic) bond motifs is 3. The van der Waals surface area contributed by atoms with Crippen LogP contribution in [0.2, 0.25) is 0 Å². The van der Waals surface area contributed by atoms with Crippen molar-refractivity contribution in [2.24, 2.45) is 57.7 Å². The molecule has 0 spiro atoms. The van der Waals surface area contributed by atoms with Gasteiger partial charge in [-0.1, -0.05) is 25.8 Å². The van der Waals surface area contributed by atoms with E-state index in [1.165, 1.54) is 11.0 Å². The number of amides is 2. The molecular formula is C42H48FN9O3. The summed E-state index contributed by atoms with van der Waals surface area (Å²) in [6.45, 7) is 7.11. The largest absolute Gasteiger partial charge is 0.442 e. The summed E-state index contributed by atoms with van der Waals surface area (Å²) in [4.78, 5) is 30.8. The summed E-state index contributed by atoms with van der Waals surface area (Å²) in [7, 11) is 0. The van der Waals surface area contributed by atoms with Gasteiger partial charge in [0.1, 0.15) is 11.9 Å². The van der Waals surface area contributed by atoms with E-state index in [4.69, 9.17) is 9.72 Å². The van der Waals surface area contributed by atoms with E-state index >= 15 is 4.39 Å². The minimum Gasteiger partial charge on any atom is -0.442 e. The van der Waals surface area contributed by atoms with E-state index in [2.05, 4.69) is 39.5 Å². The van der Waals surface area contributed by atoms with Gasteiger partial charge in [-0.3, -0.25) is 14.7 Å². The number of carbonyl (C=O) groups excluding carboxylic acids is 2. The number of cyclic esters (lactones) is 1. The number of rotatable bonds is 14. The summed E-state index contributed by atoms with van der Waals surface area (Å²) in [5, 5.41) is 44.1. The topological polar surface area (TPSA) is 179 Å². The van der Waals surface area contributed by atoms with E-state index in [0.29, 0.717) is 29.2 Å². The molecule has 7 aliphatic rings. The quantitative estimate of drug-likeness (QED) is 0.206. The molecule has 4 N–H and O–H groups in total. The Morgan fingerprint density at radius 1 is 0.982 bits per heavy atom. The second-order valence-corrected chi connectivity index (χ2v) is 17.2. The molecule has 3 saturated carbocycles. The van der Waals surface area contributed by atoms with Crippen molar-refractivity contribution in [2.45, 2.75) is 51.0 Å². The second kappa shape index (κ2) is 13.5. The molecule has 12 atom stereocenters. The molecule has 2 amide bonds. The molecule has 13 heteroatoms. The maximum absolute atomic E-state index is 15.8. The number of carbonyl (C=O) groups is 2. The number of nitrogens with zero attached hydrogens (tertiary/aromatic N) is 5. The number of ether oxygens (including phenoxy) is 1. The van der Waals surface area contributed by atoms with Gasteiger partial charge in [-0.2, -0.15) is 15.8 Å². The average Bonchev–Trinajstić information content (AvgIpc) is 3.80. The first-order valence-corrected chi connectivity index (χ1v) is 20.1. The smallest absolute Gasteiger partial charge is 0.414 e. The van der Waals surface area contributed by atoms with Crippen LogP contribution in [0.15, 0.2) is 36.5 Å². The predicted octanol–water partition coefficient (Wildman–Crippen LogP) is 4.08. The monoisotopic (exact) mass is 745 g/mol. The zero-order valence-corrected chi connectivity index (χ0v) is 31.2. The number of nitriles is 3. The molecule has 286 valence electrons. The van der Waals surface area contributed by atoms with Crippen LogP contribution in [0, 0.1) is 97.5 Å². The zero-order valence-electron chi connectivity index (χ0n) is 31.2. The Balaban J connectivity index is 0.984. The fourth-order valence-corrected chi connectivity index (χ4v) is 12.2. The molecule has 0 bridgehead atoms. The molecule has 4 aliphatic heterocycles. The molecule has 4 saturated heterocycles. The first-order chi connectivity index (χ1) is 26.8. The third kappa shape index (κ3) is 5.47. The Morgan fingerprint density at radius 3 is 2.35 bits per heavy atom. The third-order valence-corrected chi connectivity index (χ3v) is 15.1. The van der Waals surface area contributed by atoms with Gasteiger partial charge in [-0.15, -0.1) is 0 Å². The number of hydrogen-bond donors (Lipinski definition) is 4. The number of aromatic nitrogens is 1. The van der Waals surface area contributed by atoms with E-state index in [9.17, 15) is 25.4 Å². The van der Waals surface area contributed by atoms with E-state index < -0.39 is 18.0 Å². The Morgan fingerprint density at radius 2 is 1.69 bits per heavy atom.